The second-order valence-corrected chi connectivity index (χ2v) is 15.7. The highest BCUT2D eigenvalue weighted by molar-refractivity contribution is 6.31. The molecule has 0 bridgehead atoms. The highest BCUT2D eigenvalue weighted by Gasteiger charge is 2.47. The van der Waals surface area contributed by atoms with Gasteiger partial charge in [0, 0.05) is 80.6 Å². The third kappa shape index (κ3) is 6.19. The summed E-state index contributed by atoms with van der Waals surface area (Å²) in [5, 5.41) is 6.25. The number of imidazole rings is 1. The van der Waals surface area contributed by atoms with Crippen LogP contribution in [0.5, 0.6) is 0 Å². The number of rotatable bonds is 9. The van der Waals surface area contributed by atoms with E-state index in [1.807, 2.05) is 19.3 Å². The first-order valence-electron chi connectivity index (χ1n) is 18.6. The highest BCUT2D eigenvalue weighted by atomic mass is 35.5. The van der Waals surface area contributed by atoms with Gasteiger partial charge >= 0.3 is 0 Å². The molecule has 3 fully saturated rings. The van der Waals surface area contributed by atoms with E-state index in [1.54, 1.807) is 4.68 Å². The lowest BCUT2D eigenvalue weighted by Gasteiger charge is -2.48. The van der Waals surface area contributed by atoms with Gasteiger partial charge in [-0.15, -0.1) is 0 Å². The molecular weight excluding hydrogens is 704 g/mol. The highest BCUT2D eigenvalue weighted by Crippen LogP contribution is 2.42. The summed E-state index contributed by atoms with van der Waals surface area (Å²) in [4.78, 5) is 53.0. The number of halogens is 1. The molecule has 0 aliphatic carbocycles. The number of benzene rings is 2. The maximum absolute atomic E-state index is 12.5. The molecule has 5 aliphatic rings. The Bertz CT molecular complexity index is 2190. The smallest absolute Gasteiger partial charge is 0.268 e. The first-order valence-corrected chi connectivity index (χ1v) is 19.0. The number of carbonyl (C=O) groups excluding carboxylic acids is 3. The third-order valence-electron chi connectivity index (χ3n) is 11.7. The number of amides is 3. The van der Waals surface area contributed by atoms with Crippen molar-refractivity contribution >= 4 is 40.7 Å². The lowest BCUT2D eigenvalue weighted by molar-refractivity contribution is -0.134. The van der Waals surface area contributed by atoms with Crippen LogP contribution in [0.15, 0.2) is 67.0 Å². The van der Waals surface area contributed by atoms with Gasteiger partial charge in [0.05, 0.1) is 23.5 Å². The second-order valence-electron chi connectivity index (χ2n) is 15.3. The van der Waals surface area contributed by atoms with Crippen LogP contribution in [0.4, 0.5) is 5.69 Å². The van der Waals surface area contributed by atoms with Crippen LogP contribution in [0, 0.1) is 5.41 Å². The van der Waals surface area contributed by atoms with Crippen molar-refractivity contribution in [3.8, 4) is 11.3 Å². The molecule has 14 heteroatoms. The molecule has 5 aliphatic heterocycles. The molecule has 0 saturated carbocycles. The number of carbonyl (C=O) groups is 3. The Morgan fingerprint density at radius 2 is 1.81 bits per heavy atom. The zero-order chi connectivity index (χ0) is 37.1. The Labute approximate surface area is 318 Å². The fourth-order valence-electron chi connectivity index (χ4n) is 9.17. The SMILES string of the molecule is CNC1=CC(N2CCc3c(-c4ccc(CN5CC6(CCN(Cc7ccc(Cl)c(C8CCC(=O)NC8=O)c7)C6)C5)cn4)cccc32)Nn2c(C(N)=O)cnc21. The van der Waals surface area contributed by atoms with Gasteiger partial charge < -0.3 is 16.0 Å². The van der Waals surface area contributed by atoms with E-state index in [4.69, 9.17) is 22.3 Å². The molecule has 2 unspecified atom stereocenters. The predicted molar refractivity (Wildman–Crippen MR) is 206 cm³/mol. The van der Waals surface area contributed by atoms with Crippen LogP contribution in [0.2, 0.25) is 5.02 Å². The molecule has 13 nitrogen and oxygen atoms in total. The monoisotopic (exact) mass is 746 g/mol. The van der Waals surface area contributed by atoms with E-state index in [9.17, 15) is 14.4 Å². The molecule has 3 amide bonds. The summed E-state index contributed by atoms with van der Waals surface area (Å²) >= 11 is 6.52. The molecule has 2 aromatic heterocycles. The topological polar surface area (TPSA) is 154 Å². The quantitative estimate of drug-likeness (QED) is 0.188. The number of primary amides is 1. The summed E-state index contributed by atoms with van der Waals surface area (Å²) < 4.78 is 1.67. The largest absolute Gasteiger partial charge is 0.385 e. The zero-order valence-electron chi connectivity index (χ0n) is 30.1. The van der Waals surface area contributed by atoms with Crippen molar-refractivity contribution in [3.05, 3.63) is 106 Å². The Morgan fingerprint density at radius 3 is 2.59 bits per heavy atom. The lowest BCUT2D eigenvalue weighted by atomic mass is 9.79. The van der Waals surface area contributed by atoms with E-state index in [0.29, 0.717) is 34.8 Å². The van der Waals surface area contributed by atoms with Crippen LogP contribution in [0.1, 0.15) is 63.7 Å². The summed E-state index contributed by atoms with van der Waals surface area (Å²) in [5.74, 6) is -0.774. The molecule has 2 aromatic carbocycles. The molecular formula is C40H43ClN10O3. The van der Waals surface area contributed by atoms with Crippen molar-refractivity contribution in [1.29, 1.82) is 0 Å². The van der Waals surface area contributed by atoms with Crippen molar-refractivity contribution in [2.75, 3.05) is 50.1 Å². The van der Waals surface area contributed by atoms with Gasteiger partial charge in [0.25, 0.3) is 5.91 Å². The molecule has 0 radical (unpaired) electrons. The summed E-state index contributed by atoms with van der Waals surface area (Å²) in [6.07, 6.45) is 8.28. The molecule has 1 spiro atoms. The minimum absolute atomic E-state index is 0.207. The Kier molecular flexibility index (Phi) is 8.67. The van der Waals surface area contributed by atoms with E-state index in [2.05, 4.69) is 84.3 Å². The van der Waals surface area contributed by atoms with Crippen LogP contribution in [-0.4, -0.2) is 88.1 Å². The van der Waals surface area contributed by atoms with Gasteiger partial charge in [0.1, 0.15) is 11.9 Å². The first-order chi connectivity index (χ1) is 26.2. The molecule has 3 saturated heterocycles. The summed E-state index contributed by atoms with van der Waals surface area (Å²) in [7, 11) is 1.85. The van der Waals surface area contributed by atoms with E-state index < -0.39 is 5.91 Å². The summed E-state index contributed by atoms with van der Waals surface area (Å²) in [6, 6.07) is 16.7. The number of pyridine rings is 1. The van der Waals surface area contributed by atoms with Gasteiger partial charge in [-0.3, -0.25) is 39.9 Å². The standard InChI is InChI=1S/C40H43ClN10O3/c1-43-32-16-35(47-51-34(37(42)53)18-45-38(32)51)50-13-11-27-26(3-2-4-33(27)50)31-9-6-25(17-44-31)20-49-22-40(23-49)12-14-48(21-40)19-24-5-8-30(41)29(15-24)28-7-10-36(52)46-39(28)54/h2-6,8-9,15-18,28,35,43,47H,7,10-14,19-23H2,1H3,(H2,42,53)(H,46,52,54). The number of imide groups is 1. The fraction of sp³-hybridized carbons (Fsp3) is 0.375. The number of piperidine rings is 1. The van der Waals surface area contributed by atoms with Crippen LogP contribution in [0.25, 0.3) is 17.0 Å². The number of nitrogens with one attached hydrogen (secondary N) is 3. The van der Waals surface area contributed by atoms with Crippen molar-refractivity contribution in [3.63, 3.8) is 0 Å². The maximum Gasteiger partial charge on any atom is 0.268 e. The van der Waals surface area contributed by atoms with Gasteiger partial charge in [-0.05, 0) is 72.3 Å². The average Bonchev–Trinajstić information content (AvgIpc) is 3.90. The number of hydrogen-bond acceptors (Lipinski definition) is 10. The molecule has 278 valence electrons. The number of anilines is 1. The molecule has 2 atom stereocenters. The Hall–Kier alpha value is -5.24. The van der Waals surface area contributed by atoms with Crippen molar-refractivity contribution < 1.29 is 14.4 Å². The van der Waals surface area contributed by atoms with Crippen LogP contribution in [-0.2, 0) is 29.1 Å². The Balaban J connectivity index is 0.817. The normalized spacial score (nSPS) is 22.0. The predicted octanol–water partition coefficient (Wildman–Crippen LogP) is 3.43. The second kappa shape index (κ2) is 13.6. The minimum atomic E-state index is -0.537. The lowest BCUT2D eigenvalue weighted by Crippen LogP contribution is -2.56. The number of fused-ring (bicyclic) bond motifs is 2. The molecule has 7 heterocycles. The van der Waals surface area contributed by atoms with E-state index in [-0.39, 0.29) is 23.9 Å². The van der Waals surface area contributed by atoms with Crippen LogP contribution >= 0.6 is 11.6 Å². The zero-order valence-corrected chi connectivity index (χ0v) is 30.9. The molecule has 4 aromatic rings. The first kappa shape index (κ1) is 34.5. The average molecular weight is 747 g/mol. The van der Waals surface area contributed by atoms with Crippen molar-refractivity contribution in [2.24, 2.45) is 11.1 Å². The van der Waals surface area contributed by atoms with Gasteiger partial charge in [-0.2, -0.15) is 0 Å². The molecule has 5 N–H and O–H groups in total. The van der Waals surface area contributed by atoms with E-state index >= 15 is 0 Å². The number of nitrogens with zero attached hydrogens (tertiary/aromatic N) is 6. The van der Waals surface area contributed by atoms with Gasteiger partial charge in [0.2, 0.25) is 11.8 Å². The number of aromatic nitrogens is 3. The van der Waals surface area contributed by atoms with Crippen LogP contribution in [0.3, 0.4) is 0 Å². The fourth-order valence-corrected chi connectivity index (χ4v) is 9.42. The molecule has 54 heavy (non-hydrogen) atoms. The van der Waals surface area contributed by atoms with E-state index in [1.165, 1.54) is 23.7 Å². The maximum atomic E-state index is 12.5. The van der Waals surface area contributed by atoms with Gasteiger partial charge in [-0.25, -0.2) is 9.66 Å². The van der Waals surface area contributed by atoms with Crippen molar-refractivity contribution in [1.82, 2.24) is 35.1 Å². The van der Waals surface area contributed by atoms with E-state index in [0.717, 1.165) is 86.0 Å². The summed E-state index contributed by atoms with van der Waals surface area (Å²) in [5.41, 5.74) is 18.2. The van der Waals surface area contributed by atoms with Crippen molar-refractivity contribution in [2.45, 2.75) is 50.9 Å². The number of nitrogens with two attached hydrogens (primary N) is 1. The minimum Gasteiger partial charge on any atom is -0.385 e. The number of hydrogen-bond donors (Lipinski definition) is 4. The summed E-state index contributed by atoms with van der Waals surface area (Å²) in [6.45, 7) is 6.72. The van der Waals surface area contributed by atoms with Gasteiger partial charge in [-0.1, -0.05) is 41.9 Å². The Morgan fingerprint density at radius 1 is 1.00 bits per heavy atom. The third-order valence-corrected chi connectivity index (χ3v) is 12.1. The van der Waals surface area contributed by atoms with Crippen LogP contribution < -0.4 is 26.7 Å². The van der Waals surface area contributed by atoms with Gasteiger partial charge in [0.15, 0.2) is 5.82 Å². The number of likely N-dealkylation sites (tertiary alicyclic amines) is 2. The molecule has 9 rings (SSSR count).